The molecular weight excluding hydrogens is 240 g/mol. The van der Waals surface area contributed by atoms with E-state index in [1.54, 1.807) is 0 Å². The third-order valence-corrected chi connectivity index (χ3v) is 2.60. The van der Waals surface area contributed by atoms with Crippen LogP contribution in [0.1, 0.15) is 0 Å². The largest absolute Gasteiger partial charge is 0.477 e. The Balaban J connectivity index is 3.02. The van der Waals surface area contributed by atoms with Crippen LogP contribution in [0.2, 0.25) is 0 Å². The number of carboxylic acid groups (broad SMARTS) is 1. The molecule has 9 heteroatoms. The maximum absolute atomic E-state index is 10.7. The van der Waals surface area contributed by atoms with Gasteiger partial charge in [0.1, 0.15) is 30.5 Å². The van der Waals surface area contributed by atoms with Gasteiger partial charge in [0.15, 0.2) is 0 Å². The van der Waals surface area contributed by atoms with E-state index in [9.17, 15) is 30.3 Å². The van der Waals surface area contributed by atoms with Gasteiger partial charge in [-0.2, -0.15) is 0 Å². The summed E-state index contributed by atoms with van der Waals surface area (Å²) >= 11 is 0. The Labute approximate surface area is 95.1 Å². The van der Waals surface area contributed by atoms with Gasteiger partial charge in [0, 0.05) is 0 Å². The van der Waals surface area contributed by atoms with Crippen molar-refractivity contribution in [1.82, 2.24) is 0 Å². The molecule has 0 aromatic heterocycles. The zero-order chi connectivity index (χ0) is 13.4. The van der Waals surface area contributed by atoms with Crippen molar-refractivity contribution in [3.63, 3.8) is 0 Å². The number of aliphatic hydroxyl groups is 6. The van der Waals surface area contributed by atoms with E-state index < -0.39 is 48.9 Å². The maximum atomic E-state index is 10.7. The van der Waals surface area contributed by atoms with Crippen LogP contribution in [-0.4, -0.2) is 84.6 Å². The summed E-state index contributed by atoms with van der Waals surface area (Å²) in [6, 6.07) is 0. The highest BCUT2D eigenvalue weighted by Gasteiger charge is 2.58. The van der Waals surface area contributed by atoms with Crippen LogP contribution in [0.25, 0.3) is 0 Å². The first-order valence-corrected chi connectivity index (χ1v) is 4.72. The van der Waals surface area contributed by atoms with Gasteiger partial charge in [-0.25, -0.2) is 4.79 Å². The van der Waals surface area contributed by atoms with Gasteiger partial charge in [-0.1, -0.05) is 0 Å². The van der Waals surface area contributed by atoms with E-state index >= 15 is 0 Å². The molecule has 0 aromatic rings. The highest BCUT2D eigenvalue weighted by molar-refractivity contribution is 5.76. The summed E-state index contributed by atoms with van der Waals surface area (Å²) < 4.78 is 4.47. The fraction of sp³-hybridized carbons (Fsp3) is 0.875. The standard InChI is InChI=1S/C8H14O9/c9-1-2(10)5-3(11)4(12)6(13)8(16,17-5)7(14)15/h2-6,9-13,16H,1H2,(H,14,15)/t2-,3-,4+,5?,6?,8-/m1/s1. The lowest BCUT2D eigenvalue weighted by molar-refractivity contribution is -0.346. The van der Waals surface area contributed by atoms with Crippen molar-refractivity contribution in [2.75, 3.05) is 6.61 Å². The molecule has 2 unspecified atom stereocenters. The van der Waals surface area contributed by atoms with E-state index in [2.05, 4.69) is 4.74 Å². The van der Waals surface area contributed by atoms with Crippen molar-refractivity contribution in [2.24, 2.45) is 0 Å². The Morgan fingerprint density at radius 2 is 1.82 bits per heavy atom. The number of aliphatic hydroxyl groups excluding tert-OH is 5. The molecule has 7 N–H and O–H groups in total. The molecule has 9 nitrogen and oxygen atoms in total. The van der Waals surface area contributed by atoms with Gasteiger partial charge in [0.2, 0.25) is 0 Å². The zero-order valence-electron chi connectivity index (χ0n) is 8.54. The predicted molar refractivity (Wildman–Crippen MR) is 48.6 cm³/mol. The van der Waals surface area contributed by atoms with Crippen molar-refractivity contribution in [3.05, 3.63) is 0 Å². The number of rotatable bonds is 3. The number of carbonyl (C=O) groups is 1. The van der Waals surface area contributed by atoms with Crippen molar-refractivity contribution in [1.29, 1.82) is 0 Å². The molecule has 0 radical (unpaired) electrons. The Morgan fingerprint density at radius 1 is 1.29 bits per heavy atom. The fourth-order valence-electron chi connectivity index (χ4n) is 1.55. The maximum Gasteiger partial charge on any atom is 0.367 e. The average Bonchev–Trinajstić information content (AvgIpc) is 2.30. The normalized spacial score (nSPS) is 44.4. The summed E-state index contributed by atoms with van der Waals surface area (Å²) in [5.74, 6) is -5.16. The van der Waals surface area contributed by atoms with Gasteiger partial charge in [-0.15, -0.1) is 0 Å². The SMILES string of the molecule is O=C(O)[C@]1(O)OC([C@H](O)CO)[C@H](O)[C@H](O)C1O. The molecule has 0 amide bonds. The molecular formula is C8H14O9. The van der Waals surface area contributed by atoms with Crippen LogP contribution in [0.3, 0.4) is 0 Å². The third-order valence-electron chi connectivity index (χ3n) is 2.60. The number of aliphatic carboxylic acids is 1. The van der Waals surface area contributed by atoms with Crippen molar-refractivity contribution in [3.8, 4) is 0 Å². The third kappa shape index (κ3) is 2.26. The molecule has 1 saturated heterocycles. The van der Waals surface area contributed by atoms with Crippen molar-refractivity contribution in [2.45, 2.75) is 36.3 Å². The van der Waals surface area contributed by atoms with E-state index in [0.717, 1.165) is 0 Å². The van der Waals surface area contributed by atoms with Gasteiger partial charge >= 0.3 is 5.97 Å². The van der Waals surface area contributed by atoms with Crippen LogP contribution in [0.15, 0.2) is 0 Å². The zero-order valence-corrected chi connectivity index (χ0v) is 8.54. The van der Waals surface area contributed by atoms with E-state index in [4.69, 9.17) is 10.2 Å². The number of carboxylic acids is 1. The Bertz CT molecular complexity index is 295. The molecule has 1 aliphatic rings. The van der Waals surface area contributed by atoms with Crippen LogP contribution in [0.4, 0.5) is 0 Å². The first-order valence-electron chi connectivity index (χ1n) is 4.72. The highest BCUT2D eigenvalue weighted by atomic mass is 16.7. The number of ether oxygens (including phenoxy) is 1. The highest BCUT2D eigenvalue weighted by Crippen LogP contribution is 2.29. The van der Waals surface area contributed by atoms with Crippen LogP contribution in [-0.2, 0) is 9.53 Å². The second kappa shape index (κ2) is 4.82. The summed E-state index contributed by atoms with van der Waals surface area (Å²) in [5.41, 5.74) is 0. The quantitative estimate of drug-likeness (QED) is 0.263. The average molecular weight is 254 g/mol. The van der Waals surface area contributed by atoms with E-state index in [1.807, 2.05) is 0 Å². The molecule has 6 atom stereocenters. The van der Waals surface area contributed by atoms with Crippen LogP contribution in [0, 0.1) is 0 Å². The summed E-state index contributed by atoms with van der Waals surface area (Å²) in [6.45, 7) is -0.889. The van der Waals surface area contributed by atoms with Crippen LogP contribution < -0.4 is 0 Å². The lowest BCUT2D eigenvalue weighted by atomic mass is 9.90. The molecule has 0 bridgehead atoms. The summed E-state index contributed by atoms with van der Waals surface area (Å²) in [4.78, 5) is 10.7. The minimum absolute atomic E-state index is 0.889. The molecule has 17 heavy (non-hydrogen) atoms. The Hall–Kier alpha value is -0.810. The first kappa shape index (κ1) is 14.3. The Morgan fingerprint density at radius 3 is 2.24 bits per heavy atom. The minimum atomic E-state index is -3.17. The molecule has 100 valence electrons. The predicted octanol–water partition coefficient (Wildman–Crippen LogP) is -4.41. The van der Waals surface area contributed by atoms with Gasteiger partial charge < -0.3 is 40.5 Å². The number of hydrogen-bond donors (Lipinski definition) is 7. The van der Waals surface area contributed by atoms with Gasteiger partial charge in [0.25, 0.3) is 5.79 Å². The van der Waals surface area contributed by atoms with Crippen LogP contribution >= 0.6 is 0 Å². The van der Waals surface area contributed by atoms with Gasteiger partial charge in [-0.3, -0.25) is 0 Å². The minimum Gasteiger partial charge on any atom is -0.477 e. The van der Waals surface area contributed by atoms with E-state index in [0.29, 0.717) is 0 Å². The molecule has 0 saturated carbocycles. The Kier molecular flexibility index (Phi) is 4.04. The van der Waals surface area contributed by atoms with Crippen LogP contribution in [0.5, 0.6) is 0 Å². The second-order valence-corrected chi connectivity index (χ2v) is 3.76. The molecule has 1 heterocycles. The summed E-state index contributed by atoms with van der Waals surface area (Å²) in [7, 11) is 0. The van der Waals surface area contributed by atoms with E-state index in [-0.39, 0.29) is 0 Å². The van der Waals surface area contributed by atoms with Gasteiger partial charge in [0.05, 0.1) is 6.61 Å². The first-order chi connectivity index (χ1) is 7.75. The molecule has 0 aromatic carbocycles. The lowest BCUT2D eigenvalue weighted by Gasteiger charge is -2.44. The lowest BCUT2D eigenvalue weighted by Crippen LogP contribution is -2.69. The van der Waals surface area contributed by atoms with Crippen molar-refractivity contribution >= 4 is 5.97 Å². The topological polar surface area (TPSA) is 168 Å². The monoisotopic (exact) mass is 254 g/mol. The summed E-state index contributed by atoms with van der Waals surface area (Å²) in [5, 5.41) is 64.1. The summed E-state index contributed by atoms with van der Waals surface area (Å²) in [6.07, 6.45) is -9.67. The van der Waals surface area contributed by atoms with Crippen molar-refractivity contribution < 1.29 is 45.3 Å². The number of hydrogen-bond acceptors (Lipinski definition) is 8. The van der Waals surface area contributed by atoms with Gasteiger partial charge in [-0.05, 0) is 0 Å². The molecule has 1 fully saturated rings. The molecule has 1 aliphatic heterocycles. The molecule has 1 rings (SSSR count). The fourth-order valence-corrected chi connectivity index (χ4v) is 1.55. The molecule has 0 spiro atoms. The van der Waals surface area contributed by atoms with E-state index in [1.165, 1.54) is 0 Å². The second-order valence-electron chi connectivity index (χ2n) is 3.76. The molecule has 0 aliphatic carbocycles. The smallest absolute Gasteiger partial charge is 0.367 e.